The zero-order valence-electron chi connectivity index (χ0n) is 9.84. The molecule has 0 amide bonds. The van der Waals surface area contributed by atoms with E-state index in [-0.39, 0.29) is 16.2 Å². The van der Waals surface area contributed by atoms with E-state index >= 15 is 0 Å². The maximum atomic E-state index is 12.3. The van der Waals surface area contributed by atoms with Crippen molar-refractivity contribution in [1.82, 2.24) is 0 Å². The molecule has 0 saturated heterocycles. The third-order valence-corrected chi connectivity index (χ3v) is 6.98. The van der Waals surface area contributed by atoms with Crippen molar-refractivity contribution >= 4 is 59.0 Å². The third-order valence-electron chi connectivity index (χ3n) is 2.54. The summed E-state index contributed by atoms with van der Waals surface area (Å²) in [6, 6.07) is 5.77. The van der Waals surface area contributed by atoms with Gasteiger partial charge < -0.3 is 5.11 Å². The Bertz CT molecular complexity index is 766. The van der Waals surface area contributed by atoms with Crippen LogP contribution in [0, 0.1) is 0 Å². The van der Waals surface area contributed by atoms with E-state index in [1.54, 1.807) is 11.4 Å². The molecule has 0 fully saturated rings. The van der Waals surface area contributed by atoms with E-state index in [2.05, 4.69) is 31.9 Å². The van der Waals surface area contributed by atoms with Crippen molar-refractivity contribution in [2.24, 2.45) is 0 Å². The molecule has 8 heteroatoms. The largest absolute Gasteiger partial charge is 0.478 e. The summed E-state index contributed by atoms with van der Waals surface area (Å²) in [5.74, 6) is -1.34. The number of sulfone groups is 1. The SMILES string of the molecule is O=C(O)c1cc(S(=O)(=O)Cc2sccc2Br)ccc1Br. The smallest absolute Gasteiger partial charge is 0.336 e. The van der Waals surface area contributed by atoms with Crippen LogP contribution in [0.15, 0.2) is 43.5 Å². The van der Waals surface area contributed by atoms with Crippen LogP contribution in [0.2, 0.25) is 0 Å². The lowest BCUT2D eigenvalue weighted by Gasteiger charge is -2.06. The van der Waals surface area contributed by atoms with Gasteiger partial charge in [-0.15, -0.1) is 11.3 Å². The molecule has 4 nitrogen and oxygen atoms in total. The molecule has 106 valence electrons. The molecule has 0 saturated carbocycles. The molecule has 1 N–H and O–H groups in total. The number of carboxylic acids is 1. The number of benzene rings is 1. The van der Waals surface area contributed by atoms with Gasteiger partial charge >= 0.3 is 5.97 Å². The Morgan fingerprint density at radius 2 is 1.90 bits per heavy atom. The molecular weight excluding hydrogens is 432 g/mol. The molecule has 2 rings (SSSR count). The van der Waals surface area contributed by atoms with E-state index < -0.39 is 15.8 Å². The molecule has 1 aromatic heterocycles. The van der Waals surface area contributed by atoms with E-state index in [0.29, 0.717) is 9.35 Å². The quantitative estimate of drug-likeness (QED) is 0.782. The summed E-state index contributed by atoms with van der Waals surface area (Å²) in [6.45, 7) is 0. The van der Waals surface area contributed by atoms with Crippen molar-refractivity contribution in [3.8, 4) is 0 Å². The van der Waals surface area contributed by atoms with Gasteiger partial charge in [-0.25, -0.2) is 13.2 Å². The average molecular weight is 440 g/mol. The highest BCUT2D eigenvalue weighted by Crippen LogP contribution is 2.28. The van der Waals surface area contributed by atoms with Gasteiger partial charge in [0.2, 0.25) is 0 Å². The minimum atomic E-state index is -3.58. The lowest BCUT2D eigenvalue weighted by atomic mass is 10.2. The Morgan fingerprint density at radius 3 is 2.45 bits per heavy atom. The molecule has 20 heavy (non-hydrogen) atoms. The predicted molar refractivity (Wildman–Crippen MR) is 84.0 cm³/mol. The van der Waals surface area contributed by atoms with Crippen LogP contribution in [0.3, 0.4) is 0 Å². The summed E-state index contributed by atoms with van der Waals surface area (Å²) in [5.41, 5.74) is -0.0729. The normalized spacial score (nSPS) is 11.5. The molecule has 0 radical (unpaired) electrons. The fourth-order valence-electron chi connectivity index (χ4n) is 1.55. The molecule has 0 bridgehead atoms. The summed E-state index contributed by atoms with van der Waals surface area (Å²) in [6.07, 6.45) is 0. The molecule has 1 aromatic carbocycles. The number of rotatable bonds is 4. The van der Waals surface area contributed by atoms with Gasteiger partial charge in [0.15, 0.2) is 9.84 Å². The molecule has 1 heterocycles. The first kappa shape index (κ1) is 15.7. The number of carbonyl (C=O) groups is 1. The molecule has 0 unspecified atom stereocenters. The molecule has 0 spiro atoms. The maximum Gasteiger partial charge on any atom is 0.336 e. The van der Waals surface area contributed by atoms with Crippen molar-refractivity contribution < 1.29 is 18.3 Å². The first-order chi connectivity index (χ1) is 9.31. The van der Waals surface area contributed by atoms with Gasteiger partial charge in [-0.1, -0.05) is 0 Å². The van der Waals surface area contributed by atoms with Crippen LogP contribution < -0.4 is 0 Å². The van der Waals surface area contributed by atoms with Gasteiger partial charge in [-0.05, 0) is 61.5 Å². The average Bonchev–Trinajstić information content (AvgIpc) is 2.74. The van der Waals surface area contributed by atoms with Gasteiger partial charge in [0.05, 0.1) is 16.2 Å². The van der Waals surface area contributed by atoms with Crippen molar-refractivity contribution in [3.63, 3.8) is 0 Å². The second kappa shape index (κ2) is 5.97. The summed E-state index contributed by atoms with van der Waals surface area (Å²) in [5, 5.41) is 10.8. The van der Waals surface area contributed by atoms with E-state index in [0.717, 1.165) is 4.47 Å². The van der Waals surface area contributed by atoms with Crippen LogP contribution in [0.5, 0.6) is 0 Å². The maximum absolute atomic E-state index is 12.3. The number of hydrogen-bond donors (Lipinski definition) is 1. The fraction of sp³-hybridized carbons (Fsp3) is 0.0833. The first-order valence-electron chi connectivity index (χ1n) is 5.29. The summed E-state index contributed by atoms with van der Waals surface area (Å²) in [7, 11) is -3.58. The predicted octanol–water partition coefficient (Wildman–Crippen LogP) is 3.95. The molecule has 0 atom stereocenters. The number of carboxylic acid groups (broad SMARTS) is 1. The first-order valence-corrected chi connectivity index (χ1v) is 9.40. The highest BCUT2D eigenvalue weighted by Gasteiger charge is 2.20. The van der Waals surface area contributed by atoms with E-state index in [9.17, 15) is 13.2 Å². The topological polar surface area (TPSA) is 71.4 Å². The Labute approximate surface area is 136 Å². The molecule has 0 aliphatic carbocycles. The van der Waals surface area contributed by atoms with Crippen LogP contribution in [0.1, 0.15) is 15.2 Å². The number of halogens is 2. The zero-order valence-corrected chi connectivity index (χ0v) is 14.6. The Kier molecular flexibility index (Phi) is 4.68. The lowest BCUT2D eigenvalue weighted by molar-refractivity contribution is 0.0695. The van der Waals surface area contributed by atoms with E-state index in [1.807, 2.05) is 0 Å². The van der Waals surface area contributed by atoms with Crippen LogP contribution in [-0.4, -0.2) is 19.5 Å². The van der Waals surface area contributed by atoms with Crippen LogP contribution >= 0.6 is 43.2 Å². The monoisotopic (exact) mass is 438 g/mol. The highest BCUT2D eigenvalue weighted by atomic mass is 79.9. The Hall–Kier alpha value is -0.700. The number of hydrogen-bond acceptors (Lipinski definition) is 4. The van der Waals surface area contributed by atoms with Crippen molar-refractivity contribution in [3.05, 3.63) is 49.0 Å². The molecule has 2 aromatic rings. The molecular formula is C12H8Br2O4S2. The Morgan fingerprint density at radius 1 is 1.20 bits per heavy atom. The standard InChI is InChI=1S/C12H8Br2O4S2/c13-9-2-1-7(5-8(9)12(15)16)20(17,18)6-11-10(14)3-4-19-11/h1-5H,6H2,(H,15,16). The minimum absolute atomic E-state index is 0.00148. The summed E-state index contributed by atoms with van der Waals surface area (Å²) in [4.78, 5) is 11.7. The fourth-order valence-corrected chi connectivity index (χ4v) is 5.40. The van der Waals surface area contributed by atoms with Crippen molar-refractivity contribution in [2.45, 2.75) is 10.6 Å². The zero-order chi connectivity index (χ0) is 14.9. The van der Waals surface area contributed by atoms with Crippen molar-refractivity contribution in [1.29, 1.82) is 0 Å². The van der Waals surface area contributed by atoms with Gasteiger partial charge in [0.25, 0.3) is 0 Å². The van der Waals surface area contributed by atoms with Crippen molar-refractivity contribution in [2.75, 3.05) is 0 Å². The minimum Gasteiger partial charge on any atom is -0.478 e. The van der Waals surface area contributed by atoms with E-state index in [1.165, 1.54) is 29.5 Å². The van der Waals surface area contributed by atoms with Gasteiger partial charge in [0, 0.05) is 13.8 Å². The van der Waals surface area contributed by atoms with Gasteiger partial charge in [0.1, 0.15) is 0 Å². The molecule has 0 aliphatic heterocycles. The van der Waals surface area contributed by atoms with Crippen LogP contribution in [0.25, 0.3) is 0 Å². The second-order valence-corrected chi connectivity index (χ2v) is 8.60. The number of aromatic carboxylic acids is 1. The van der Waals surface area contributed by atoms with Crippen LogP contribution in [0.4, 0.5) is 0 Å². The lowest BCUT2D eigenvalue weighted by Crippen LogP contribution is -2.07. The van der Waals surface area contributed by atoms with Gasteiger partial charge in [-0.2, -0.15) is 0 Å². The van der Waals surface area contributed by atoms with E-state index in [4.69, 9.17) is 5.11 Å². The second-order valence-electron chi connectivity index (χ2n) is 3.90. The Balaban J connectivity index is 2.42. The summed E-state index contributed by atoms with van der Waals surface area (Å²) < 4.78 is 25.7. The van der Waals surface area contributed by atoms with Gasteiger partial charge in [-0.3, -0.25) is 0 Å². The van der Waals surface area contributed by atoms with Crippen LogP contribution in [-0.2, 0) is 15.6 Å². The third kappa shape index (κ3) is 3.30. The highest BCUT2D eigenvalue weighted by molar-refractivity contribution is 9.10. The number of thiophene rings is 1. The summed E-state index contributed by atoms with van der Waals surface area (Å²) >= 11 is 7.71. The molecule has 0 aliphatic rings.